The maximum atomic E-state index is 12.4. The Hall–Kier alpha value is -6.77. The highest BCUT2D eigenvalue weighted by atomic mass is 19.3. The minimum Gasteiger partial charge on any atom is -0.469 e. The van der Waals surface area contributed by atoms with Crippen LogP contribution in [0.4, 0.5) is 17.6 Å². The molecule has 24 nitrogen and oxygen atoms in total. The van der Waals surface area contributed by atoms with Crippen molar-refractivity contribution in [2.45, 2.75) is 500 Å². The van der Waals surface area contributed by atoms with E-state index in [1.54, 1.807) is 20.8 Å². The van der Waals surface area contributed by atoms with E-state index in [1.807, 2.05) is 187 Å². The molecular weight excluding hydrogens is 1770 g/mol. The van der Waals surface area contributed by atoms with Crippen molar-refractivity contribution in [1.29, 1.82) is 0 Å². The lowest BCUT2D eigenvalue weighted by molar-refractivity contribution is -0.143. The average molecular weight is 1970 g/mol. The Balaban J connectivity index is 0.000000511. The van der Waals surface area contributed by atoms with E-state index in [4.69, 9.17) is 0 Å². The number of ketones is 2. The number of esters is 1. The molecule has 14 rings (SSSR count). The van der Waals surface area contributed by atoms with Gasteiger partial charge >= 0.3 is 5.97 Å². The molecule has 14 aliphatic rings. The van der Waals surface area contributed by atoms with Gasteiger partial charge in [0.1, 0.15) is 29.8 Å². The Kier molecular flexibility index (Phi) is 48.8. The number of ether oxygens (including phenoxy) is 1. The number of halogens is 4. The quantitative estimate of drug-likeness (QED) is 0.0400. The molecule has 28 heteroatoms. The second-order valence-corrected chi connectivity index (χ2v) is 53.9. The van der Waals surface area contributed by atoms with E-state index in [0.29, 0.717) is 138 Å². The first kappa shape index (κ1) is 128. The topological polar surface area (TPSA) is 351 Å². The molecule has 0 aromatic heterocycles. The molecule has 2 unspecified atom stereocenters. The van der Waals surface area contributed by atoms with Crippen molar-refractivity contribution in [3.8, 4) is 0 Å². The van der Waals surface area contributed by atoms with Crippen LogP contribution >= 0.6 is 0 Å². The minimum absolute atomic E-state index is 0.0370. The van der Waals surface area contributed by atoms with Gasteiger partial charge in [-0.3, -0.25) is 62.3 Å². The van der Waals surface area contributed by atoms with E-state index in [2.05, 4.69) is 113 Å². The standard InChI is InChI=1S/C11H19NO.3C10H17NO.C9H17NO.C9H16O.C8H13F2NO.2C8H14FNO.C8H15NO.C8H16O.C7H14O2.C5H11NO/c1-11(2,3)12-10(13)9-6-8(9)7-4-5-7;1-9(2,3)11-8(12)7-6-10(7)4-5-10;1-6(2)11-10(12)9-5-8(9)7-3-4-7;1-7(2)11-9(12)8-6-10(8)4-3-5-10;1-6-5-7(6)8(11)10-9(2,3)4;1-9(2,3)6-8(10)7-4-5-7;1-7(2,3)11-6(12)5-4-8(5,9)10;2*1-8(2,3)10-7(11)5-4-6(5)9;1-5(2)9-8(10)7-4-6(7)3;1-5-7(9)6-8(2,3)4;1-7(2,3)5-6(8)9-4;1-4(2)6-5(3)7/h7-9H,4-6H2,1-3H3,(H,12,13);7H,4-6H2,1-3H3,(H,11,12);6-9H,3-5H2,1-2H3,(H,11,12);7-8H,3-6H2,1-2H3,(H,11,12);6-7H,5H2,1-4H3,(H,10,11);7H,4-6H2,1-3H3;5H,4H2,1-3H3,(H,11,12);2*5-6H,4H2,1-3H3,(H,10,11);5-7H,4H2,1-3H3,(H,9,10);5-6H2,1-4H3;5H2,1-4H3;4H,1-3H3,(H,6,7)/t8-,9-;;8-,9+;8-;6-,7-;;;2*5-,6+;6-,7-;;;/m0.110..101.../s1. The molecule has 0 aromatic carbocycles. The van der Waals surface area contributed by atoms with Gasteiger partial charge in [0, 0.05) is 131 Å². The highest BCUT2D eigenvalue weighted by molar-refractivity contribution is 5.87. The van der Waals surface area contributed by atoms with Crippen molar-refractivity contribution in [2.24, 2.45) is 122 Å². The normalized spacial score (nSPS) is 26.0. The van der Waals surface area contributed by atoms with Crippen molar-refractivity contribution in [2.75, 3.05) is 7.11 Å². The van der Waals surface area contributed by atoms with Crippen LogP contribution < -0.4 is 53.2 Å². The lowest BCUT2D eigenvalue weighted by atomic mass is 9.79. The molecule has 0 radical (unpaired) electrons. The summed E-state index contributed by atoms with van der Waals surface area (Å²) < 4.78 is 53.9. The van der Waals surface area contributed by atoms with Crippen LogP contribution in [0.2, 0.25) is 0 Å². The number of amides is 10. The van der Waals surface area contributed by atoms with Crippen molar-refractivity contribution in [1.82, 2.24) is 53.2 Å². The monoisotopic (exact) mass is 1970 g/mol. The molecule has 0 heterocycles. The van der Waals surface area contributed by atoms with Gasteiger partial charge < -0.3 is 57.9 Å². The van der Waals surface area contributed by atoms with Crippen LogP contribution in [0.1, 0.15) is 424 Å². The molecule has 806 valence electrons. The molecule has 14 saturated carbocycles. The van der Waals surface area contributed by atoms with Gasteiger partial charge in [-0.1, -0.05) is 89.5 Å². The van der Waals surface area contributed by atoms with E-state index in [-0.39, 0.29) is 116 Å². The van der Waals surface area contributed by atoms with Crippen LogP contribution in [0.15, 0.2) is 0 Å². The number of nitrogens with one attached hydrogen (secondary N) is 10. The van der Waals surface area contributed by atoms with Crippen LogP contribution in [0.3, 0.4) is 0 Å². The molecular formula is C111H200F4N10O14. The summed E-state index contributed by atoms with van der Waals surface area (Å²) in [6.07, 6.45) is 22.4. The number of hydrogen-bond donors (Lipinski definition) is 10. The molecule has 14 fully saturated rings. The van der Waals surface area contributed by atoms with Crippen LogP contribution in [0.5, 0.6) is 0 Å². The number of rotatable bonds is 20. The lowest BCUT2D eigenvalue weighted by Crippen LogP contribution is -2.42. The van der Waals surface area contributed by atoms with Gasteiger partial charge in [0.25, 0.3) is 5.92 Å². The molecule has 15 atom stereocenters. The summed E-state index contributed by atoms with van der Waals surface area (Å²) in [6, 6.07) is 1.17. The predicted molar refractivity (Wildman–Crippen MR) is 550 cm³/mol. The largest absolute Gasteiger partial charge is 0.469 e. The molecule has 0 bridgehead atoms. The van der Waals surface area contributed by atoms with Gasteiger partial charge in [-0.05, 0) is 358 Å². The van der Waals surface area contributed by atoms with Gasteiger partial charge in [-0.15, -0.1) is 0 Å². The smallest absolute Gasteiger partial charge is 0.306 e. The van der Waals surface area contributed by atoms with Gasteiger partial charge in [0.15, 0.2) is 0 Å². The summed E-state index contributed by atoms with van der Waals surface area (Å²) in [5.41, 5.74) is 0.311. The zero-order chi connectivity index (χ0) is 108. The second kappa shape index (κ2) is 52.8. The van der Waals surface area contributed by atoms with E-state index < -0.39 is 35.6 Å². The lowest BCUT2D eigenvalue weighted by Gasteiger charge is -2.26. The summed E-state index contributed by atoms with van der Waals surface area (Å²) >= 11 is 0. The van der Waals surface area contributed by atoms with Gasteiger partial charge in [-0.25, -0.2) is 17.6 Å². The average Bonchev–Trinajstić information content (AvgIpc) is 1.55. The van der Waals surface area contributed by atoms with Crippen LogP contribution in [0, 0.1) is 122 Å². The molecule has 10 amide bonds. The summed E-state index contributed by atoms with van der Waals surface area (Å²) in [5, 5.41) is 28.6. The van der Waals surface area contributed by atoms with E-state index in [1.165, 1.54) is 71.8 Å². The maximum Gasteiger partial charge on any atom is 0.306 e. The van der Waals surface area contributed by atoms with Crippen molar-refractivity contribution in [3.05, 3.63) is 0 Å². The zero-order valence-corrected chi connectivity index (χ0v) is 94.4. The third-order valence-electron chi connectivity index (χ3n) is 24.7. The van der Waals surface area contributed by atoms with E-state index in [0.717, 1.165) is 81.5 Å². The first-order valence-electron chi connectivity index (χ1n) is 52.7. The fraction of sp³-hybridized carbons (Fsp3) is 0.883. The Morgan fingerprint density at radius 3 is 0.827 bits per heavy atom. The molecule has 10 N–H and O–H groups in total. The summed E-state index contributed by atoms with van der Waals surface area (Å²) in [5.74, 6) is 4.01. The highest BCUT2D eigenvalue weighted by Gasteiger charge is 2.66. The minimum atomic E-state index is -2.75. The Bertz CT molecular complexity index is 3810. The number of carbonyl (C=O) groups is 13. The first-order valence-corrected chi connectivity index (χ1v) is 52.7. The van der Waals surface area contributed by atoms with Crippen molar-refractivity contribution < 1.29 is 84.6 Å². The molecule has 0 saturated heterocycles. The molecule has 2 spiro atoms. The van der Waals surface area contributed by atoms with Crippen LogP contribution in [-0.2, 0) is 67.1 Å². The number of methoxy groups -OCH3 is 1. The summed E-state index contributed by atoms with van der Waals surface area (Å²) in [7, 11) is 1.41. The molecule has 14 aliphatic carbocycles. The number of alkyl halides is 4. The predicted octanol–water partition coefficient (Wildman–Crippen LogP) is 20.6. The third kappa shape index (κ3) is 59.9. The number of hydrogen-bond acceptors (Lipinski definition) is 14. The SMILES string of the molecule is CC(=O)NC(C)C.CC(C)(C)CC(=O)C1CC1.CC(C)(C)NC(=O)C1CC1(F)F.CC(C)(C)NC(=O)C1CC12CC2.CC(C)(C)NC(=O)[C@@H]1C[C@@H]1F.CC(C)(C)NC(=O)[C@H]1C[C@H]1C1CC1.CC(C)(C)NC(=O)[C@H]1C[C@H]1F.CC(C)NC(=O)[C@@H]1C[C@H]1C.CC(C)NC(=O)[C@H]1CC12CCC2.CC(C)NC(=O)[C@H]1C[C@@H]1C1CC1.CCC(=O)CC(C)(C)C.COC(=O)CC(C)(C)C.C[C@H]1C[C@@H]1C(=O)NC(C)(C)C. The molecule has 0 aromatic rings. The zero-order valence-electron chi connectivity index (χ0n) is 94.4. The second-order valence-electron chi connectivity index (χ2n) is 53.9. The van der Waals surface area contributed by atoms with E-state index >= 15 is 0 Å². The van der Waals surface area contributed by atoms with Crippen LogP contribution in [-0.4, -0.2) is 159 Å². The number of carbonyl (C=O) groups excluding carboxylic acids is 13. The van der Waals surface area contributed by atoms with Gasteiger partial charge in [-0.2, -0.15) is 0 Å². The first-order chi connectivity index (χ1) is 62.8. The van der Waals surface area contributed by atoms with Crippen LogP contribution in [0.25, 0.3) is 0 Å². The fourth-order valence-electron chi connectivity index (χ4n) is 15.8. The maximum absolute atomic E-state index is 12.4. The highest BCUT2D eigenvalue weighted by Crippen LogP contribution is 2.71. The van der Waals surface area contributed by atoms with Gasteiger partial charge in [0.05, 0.1) is 25.4 Å². The Morgan fingerprint density at radius 1 is 0.345 bits per heavy atom. The summed E-state index contributed by atoms with van der Waals surface area (Å²) in [6.45, 7) is 77.1. The summed E-state index contributed by atoms with van der Waals surface area (Å²) in [4.78, 5) is 145. The Labute approximate surface area is 838 Å². The third-order valence-corrected chi connectivity index (χ3v) is 24.7. The Morgan fingerprint density at radius 2 is 0.619 bits per heavy atom. The number of Topliss-reactive ketones (excluding diaryl/α,β-unsaturated/α-hetero) is 2. The van der Waals surface area contributed by atoms with E-state index in [9.17, 15) is 79.9 Å². The van der Waals surface area contributed by atoms with Crippen molar-refractivity contribution in [3.63, 3.8) is 0 Å². The molecule has 0 aliphatic heterocycles. The molecule has 139 heavy (non-hydrogen) atoms. The van der Waals surface area contributed by atoms with Gasteiger partial charge in [0.2, 0.25) is 59.1 Å². The fourth-order valence-corrected chi connectivity index (χ4v) is 15.8. The van der Waals surface area contributed by atoms with Crippen molar-refractivity contribution >= 4 is 76.6 Å².